The van der Waals surface area contributed by atoms with E-state index in [1.165, 1.54) is 6.92 Å². The molecule has 19 heavy (non-hydrogen) atoms. The Labute approximate surface area is 114 Å². The molecule has 0 amide bonds. The molecule has 6 N–H and O–H groups in total. The lowest BCUT2D eigenvalue weighted by molar-refractivity contribution is -0.140. The second-order valence-corrected chi connectivity index (χ2v) is 4.81. The zero-order chi connectivity index (χ0) is 14.3. The predicted molar refractivity (Wildman–Crippen MR) is 75.2 cm³/mol. The molecule has 0 aromatic heterocycles. The Balaban J connectivity index is 2.52. The zero-order valence-electron chi connectivity index (χ0n) is 11.3. The summed E-state index contributed by atoms with van der Waals surface area (Å²) in [5.74, 6) is -0.406. The van der Waals surface area contributed by atoms with E-state index in [2.05, 4.69) is 5.32 Å². The first-order valence-corrected chi connectivity index (χ1v) is 6.48. The van der Waals surface area contributed by atoms with E-state index in [1.807, 2.05) is 30.3 Å². The highest BCUT2D eigenvalue weighted by atomic mass is 16.3. The smallest absolute Gasteiger partial charge is 0.195 e. The number of carbonyl (C=O) groups is 1. The SMILES string of the molecule is CC(O)(NCc1ccccc1)C(=O)[C@H](N)CCCN. The van der Waals surface area contributed by atoms with Gasteiger partial charge in [0.05, 0.1) is 6.04 Å². The maximum atomic E-state index is 12.0. The van der Waals surface area contributed by atoms with Gasteiger partial charge in [0.2, 0.25) is 0 Å². The Hall–Kier alpha value is -1.27. The van der Waals surface area contributed by atoms with Crippen LogP contribution in [0.4, 0.5) is 0 Å². The maximum absolute atomic E-state index is 12.0. The Bertz CT molecular complexity index is 393. The monoisotopic (exact) mass is 265 g/mol. The quantitative estimate of drug-likeness (QED) is 0.500. The van der Waals surface area contributed by atoms with Crippen molar-refractivity contribution in [2.45, 2.75) is 38.1 Å². The standard InChI is InChI=1S/C14H23N3O2/c1-14(19,13(18)12(16)8-5-9-15)17-10-11-6-3-2-4-7-11/h2-4,6-7,12,17,19H,5,8-10,15-16H2,1H3/t12-,14?/m1/s1. The summed E-state index contributed by atoms with van der Waals surface area (Å²) in [6.45, 7) is 2.32. The molecule has 5 nitrogen and oxygen atoms in total. The minimum atomic E-state index is -1.62. The molecule has 0 spiro atoms. The van der Waals surface area contributed by atoms with Gasteiger partial charge in [-0.2, -0.15) is 0 Å². The van der Waals surface area contributed by atoms with Crippen LogP contribution in [0.3, 0.4) is 0 Å². The van der Waals surface area contributed by atoms with Gasteiger partial charge >= 0.3 is 0 Å². The van der Waals surface area contributed by atoms with Gasteiger partial charge in [-0.1, -0.05) is 30.3 Å². The van der Waals surface area contributed by atoms with Gasteiger partial charge in [-0.3, -0.25) is 10.1 Å². The predicted octanol–water partition coefficient (Wildman–Crippen LogP) is 0.120. The summed E-state index contributed by atoms with van der Waals surface area (Å²) in [6, 6.07) is 8.86. The molecule has 0 fully saturated rings. The highest BCUT2D eigenvalue weighted by molar-refractivity contribution is 5.90. The van der Waals surface area contributed by atoms with Crippen LogP contribution < -0.4 is 16.8 Å². The van der Waals surface area contributed by atoms with Gasteiger partial charge in [-0.15, -0.1) is 0 Å². The van der Waals surface area contributed by atoms with Gasteiger partial charge in [-0.25, -0.2) is 0 Å². The highest BCUT2D eigenvalue weighted by Gasteiger charge is 2.33. The molecule has 1 rings (SSSR count). The number of hydrogen-bond acceptors (Lipinski definition) is 5. The normalized spacial score (nSPS) is 15.8. The van der Waals surface area contributed by atoms with Crippen molar-refractivity contribution < 1.29 is 9.90 Å². The summed E-state index contributed by atoms with van der Waals surface area (Å²) >= 11 is 0. The number of Topliss-reactive ketones (excluding diaryl/α,β-unsaturated/α-hetero) is 1. The van der Waals surface area contributed by atoms with Crippen LogP contribution in [0.25, 0.3) is 0 Å². The molecule has 0 heterocycles. The Kier molecular flexibility index (Phi) is 6.11. The van der Waals surface area contributed by atoms with Gasteiger partial charge < -0.3 is 16.6 Å². The second-order valence-electron chi connectivity index (χ2n) is 4.81. The van der Waals surface area contributed by atoms with E-state index in [4.69, 9.17) is 11.5 Å². The number of ketones is 1. The Morgan fingerprint density at radius 2 is 2.05 bits per heavy atom. The number of aliphatic hydroxyl groups is 1. The fraction of sp³-hybridized carbons (Fsp3) is 0.500. The van der Waals surface area contributed by atoms with Crippen molar-refractivity contribution in [2.75, 3.05) is 6.54 Å². The first-order valence-electron chi connectivity index (χ1n) is 6.48. The Morgan fingerprint density at radius 1 is 1.42 bits per heavy atom. The maximum Gasteiger partial charge on any atom is 0.195 e. The number of nitrogens with two attached hydrogens (primary N) is 2. The topological polar surface area (TPSA) is 101 Å². The van der Waals surface area contributed by atoms with E-state index in [1.54, 1.807) is 0 Å². The number of benzene rings is 1. The fourth-order valence-electron chi connectivity index (χ4n) is 1.79. The number of hydrogen-bond donors (Lipinski definition) is 4. The third kappa shape index (κ3) is 5.08. The molecule has 0 aliphatic heterocycles. The Morgan fingerprint density at radius 3 is 2.63 bits per heavy atom. The summed E-state index contributed by atoms with van der Waals surface area (Å²) < 4.78 is 0. The van der Waals surface area contributed by atoms with E-state index in [9.17, 15) is 9.90 Å². The lowest BCUT2D eigenvalue weighted by atomic mass is 9.99. The highest BCUT2D eigenvalue weighted by Crippen LogP contribution is 2.08. The van der Waals surface area contributed by atoms with Gasteiger partial charge in [0.15, 0.2) is 11.5 Å². The molecular weight excluding hydrogens is 242 g/mol. The molecule has 0 aliphatic carbocycles. The molecule has 2 atom stereocenters. The lowest BCUT2D eigenvalue weighted by Crippen LogP contribution is -2.55. The van der Waals surface area contributed by atoms with Crippen molar-refractivity contribution >= 4 is 5.78 Å². The molecule has 1 unspecified atom stereocenters. The third-order valence-electron chi connectivity index (χ3n) is 3.02. The van der Waals surface area contributed by atoms with Crippen molar-refractivity contribution in [3.05, 3.63) is 35.9 Å². The number of nitrogens with one attached hydrogen (secondary N) is 1. The molecule has 1 aromatic rings. The van der Waals surface area contributed by atoms with Gasteiger partial charge in [0.1, 0.15) is 0 Å². The summed E-state index contributed by atoms with van der Waals surface area (Å²) in [4.78, 5) is 12.0. The van der Waals surface area contributed by atoms with Crippen molar-refractivity contribution in [3.63, 3.8) is 0 Å². The van der Waals surface area contributed by atoms with Crippen LogP contribution in [0.1, 0.15) is 25.3 Å². The largest absolute Gasteiger partial charge is 0.369 e. The summed E-state index contributed by atoms with van der Waals surface area (Å²) in [7, 11) is 0. The molecule has 1 aromatic carbocycles. The lowest BCUT2D eigenvalue weighted by Gasteiger charge is -2.26. The van der Waals surface area contributed by atoms with E-state index < -0.39 is 17.6 Å². The van der Waals surface area contributed by atoms with Gasteiger partial charge in [0.25, 0.3) is 0 Å². The molecular formula is C14H23N3O2. The van der Waals surface area contributed by atoms with Crippen molar-refractivity contribution in [1.82, 2.24) is 5.32 Å². The van der Waals surface area contributed by atoms with Crippen molar-refractivity contribution in [1.29, 1.82) is 0 Å². The van der Waals surface area contributed by atoms with Crippen LogP contribution in [0.5, 0.6) is 0 Å². The molecule has 0 saturated carbocycles. The average Bonchev–Trinajstić information content (AvgIpc) is 2.43. The van der Waals surface area contributed by atoms with Crippen LogP contribution in [-0.4, -0.2) is 29.2 Å². The number of carbonyl (C=O) groups excluding carboxylic acids is 1. The summed E-state index contributed by atoms with van der Waals surface area (Å²) in [5, 5.41) is 13.0. The first-order chi connectivity index (χ1) is 8.97. The van der Waals surface area contributed by atoms with E-state index in [0.717, 1.165) is 5.56 Å². The van der Waals surface area contributed by atoms with Crippen LogP contribution in [0.2, 0.25) is 0 Å². The van der Waals surface area contributed by atoms with Crippen LogP contribution in [0, 0.1) is 0 Å². The van der Waals surface area contributed by atoms with Crippen LogP contribution >= 0.6 is 0 Å². The van der Waals surface area contributed by atoms with Crippen molar-refractivity contribution in [2.24, 2.45) is 11.5 Å². The molecule has 106 valence electrons. The van der Waals surface area contributed by atoms with E-state index >= 15 is 0 Å². The number of rotatable bonds is 8. The molecule has 0 bridgehead atoms. The molecule has 0 aliphatic rings. The summed E-state index contributed by atoms with van der Waals surface area (Å²) in [5.41, 5.74) is 10.5. The third-order valence-corrected chi connectivity index (χ3v) is 3.02. The van der Waals surface area contributed by atoms with Gasteiger partial charge in [-0.05, 0) is 31.9 Å². The fourth-order valence-corrected chi connectivity index (χ4v) is 1.79. The molecule has 0 saturated heterocycles. The second kappa shape index (κ2) is 7.35. The first kappa shape index (κ1) is 15.8. The minimum Gasteiger partial charge on any atom is -0.369 e. The van der Waals surface area contributed by atoms with E-state index in [0.29, 0.717) is 25.9 Å². The van der Waals surface area contributed by atoms with Gasteiger partial charge in [0, 0.05) is 6.54 Å². The summed E-state index contributed by atoms with van der Waals surface area (Å²) in [6.07, 6.45) is 1.15. The van der Waals surface area contributed by atoms with Crippen LogP contribution in [-0.2, 0) is 11.3 Å². The average molecular weight is 265 g/mol. The zero-order valence-corrected chi connectivity index (χ0v) is 11.3. The molecule has 0 radical (unpaired) electrons. The van der Waals surface area contributed by atoms with Crippen molar-refractivity contribution in [3.8, 4) is 0 Å². The molecule has 5 heteroatoms. The minimum absolute atomic E-state index is 0.406. The van der Waals surface area contributed by atoms with Crippen LogP contribution in [0.15, 0.2) is 30.3 Å². The van der Waals surface area contributed by atoms with E-state index in [-0.39, 0.29) is 0 Å².